The molecule has 0 spiro atoms. The van der Waals surface area contributed by atoms with Gasteiger partial charge < -0.3 is 15.9 Å². The Morgan fingerprint density at radius 1 is 0.304 bits per heavy atom. The van der Waals surface area contributed by atoms with E-state index in [-0.39, 0.29) is 50.3 Å². The maximum Gasteiger partial charge on any atom is 0 e. The second-order valence-corrected chi connectivity index (χ2v) is 0. The van der Waals surface area contributed by atoms with E-state index in [2.05, 4.69) is 81.6 Å². The molecule has 0 aliphatic rings. The van der Waals surface area contributed by atoms with E-state index in [1.807, 2.05) is 0 Å². The molecule has 23 heavy (non-hydrogen) atoms. The molecule has 0 saturated carbocycles. The van der Waals surface area contributed by atoms with Gasteiger partial charge in [-0.3, -0.25) is 5.83 Å². The topological polar surface area (TPSA) is 179 Å². The third kappa shape index (κ3) is 72200. The summed E-state index contributed by atoms with van der Waals surface area (Å²) in [6, 6.07) is 0. The quantitative estimate of drug-likeness (QED) is 0.323. The van der Waals surface area contributed by atoms with Crippen molar-refractivity contribution in [2.75, 3.05) is 0 Å². The molecule has 0 amide bonds. The van der Waals surface area contributed by atoms with Crippen molar-refractivity contribution in [2.45, 2.75) is 0 Å². The van der Waals surface area contributed by atoms with Gasteiger partial charge in [0.05, 0.1) is 0 Å². The molecule has 13 heteroatoms. The number of hydrogen-bond acceptors (Lipinski definition) is 0. The van der Waals surface area contributed by atoms with Crippen LogP contribution in [-0.4, -0.2) is 0 Å². The van der Waals surface area contributed by atoms with Gasteiger partial charge in [0.1, 0.15) is 0 Å². The number of rotatable bonds is 0. The Bertz CT molecular complexity index is 166. The summed E-state index contributed by atoms with van der Waals surface area (Å²) < 4.78 is 67.5. The average molecular weight is 523 g/mol. The molecule has 0 aromatic carbocycles. The Kier molecular flexibility index (Phi) is 395000. The minimum absolute atomic E-state index is 0. The number of hydrogen-bond donors (Lipinski definition) is 0. The molecule has 0 rings (SSSR count). The van der Waals surface area contributed by atoms with E-state index in [1.165, 1.54) is 0 Å². The van der Waals surface area contributed by atoms with Crippen molar-refractivity contribution in [3.63, 3.8) is 0 Å². The van der Waals surface area contributed by atoms with E-state index in [4.69, 9.17) is 41.9 Å². The van der Waals surface area contributed by atoms with Crippen LogP contribution < -0.4 is 0 Å². The molecule has 0 atom stereocenters. The Morgan fingerprint density at radius 2 is 0.304 bits per heavy atom. The van der Waals surface area contributed by atoms with Crippen molar-refractivity contribution in [3.05, 3.63) is 65.7 Å². The molecular formula is C10H2BrCo3O9-. The van der Waals surface area contributed by atoms with Crippen LogP contribution in [0.1, 0.15) is 0 Å². The SMILES string of the molecule is [C-]#[O+].[C-]#[O+].[C-]#[O+].[C-]#[O+].[C-]#[O+].[C-]#[O+].[C-]#[O+].[C-]#[O+].[C-]#[O+].[CH2-]Br.[Co].[Co].[Co]. The van der Waals surface area contributed by atoms with Crippen LogP contribution >= 0.6 is 15.9 Å². The smallest absolute Gasteiger partial charge is 0 e. The van der Waals surface area contributed by atoms with Crippen molar-refractivity contribution in [3.8, 4) is 0 Å². The second-order valence-electron chi connectivity index (χ2n) is 0. The molecule has 131 valence electrons. The summed E-state index contributed by atoms with van der Waals surface area (Å²) in [7, 11) is 0. The zero-order chi connectivity index (χ0) is 20.0. The summed E-state index contributed by atoms with van der Waals surface area (Å²) in [6.07, 6.45) is 0. The van der Waals surface area contributed by atoms with Crippen LogP contribution in [0.15, 0.2) is 0 Å². The minimum atomic E-state index is 0. The fourth-order valence-corrected chi connectivity index (χ4v) is 0. The van der Waals surface area contributed by atoms with Gasteiger partial charge in [0.25, 0.3) is 0 Å². The summed E-state index contributed by atoms with van der Waals surface area (Å²) in [5.41, 5.74) is 0. The fraction of sp³-hybridized carbons (Fsp3) is 0. The standard InChI is InChI=1S/CH2Br.9CO.3Co/c10*1-2;;;/h1H2;;;;;;;;;;;;/q-1;;;;;;;;;;;;. The Balaban J connectivity index is -0.00000000433. The molecule has 0 bridgehead atoms. The van der Waals surface area contributed by atoms with Crippen molar-refractivity contribution < 1.29 is 92.2 Å². The molecule has 0 aromatic heterocycles. The predicted molar refractivity (Wildman–Crippen MR) is 49.6 cm³/mol. The van der Waals surface area contributed by atoms with Gasteiger partial charge >= 0.3 is 102 Å². The Labute approximate surface area is 173 Å². The second kappa shape index (κ2) is 79700. The third-order valence-electron chi connectivity index (χ3n) is 0. The van der Waals surface area contributed by atoms with Gasteiger partial charge in [0, 0.05) is 50.3 Å². The van der Waals surface area contributed by atoms with Gasteiger partial charge in [0.2, 0.25) is 0 Å². The Hall–Kier alpha value is -0.341. The van der Waals surface area contributed by atoms with Crippen LogP contribution in [0.5, 0.6) is 0 Å². The van der Waals surface area contributed by atoms with Crippen LogP contribution in [0.25, 0.3) is 0 Å². The molecule has 0 unspecified atom stereocenters. The largest absolute Gasteiger partial charge is 0.323 e. The van der Waals surface area contributed by atoms with Crippen molar-refractivity contribution in [1.82, 2.24) is 0 Å². The van der Waals surface area contributed by atoms with Gasteiger partial charge in [-0.05, 0) is 0 Å². The molecule has 0 N–H and O–H groups in total. The van der Waals surface area contributed by atoms with E-state index in [0.717, 1.165) is 0 Å². The van der Waals surface area contributed by atoms with Gasteiger partial charge in [-0.25, -0.2) is 0 Å². The Morgan fingerprint density at radius 3 is 0.304 bits per heavy atom. The maximum atomic E-state index is 7.50. The molecule has 9 nitrogen and oxygen atoms in total. The average Bonchev–Trinajstić information content (AvgIpc) is 2.71. The maximum absolute atomic E-state index is 7.50. The first kappa shape index (κ1) is 114. The van der Waals surface area contributed by atoms with Crippen LogP contribution in [0.2, 0.25) is 0 Å². The summed E-state index contributed by atoms with van der Waals surface area (Å²) in [5.74, 6) is 3.06. The van der Waals surface area contributed by atoms with Crippen molar-refractivity contribution in [1.29, 1.82) is 0 Å². The monoisotopic (exact) mass is 522 g/mol. The van der Waals surface area contributed by atoms with E-state index >= 15 is 0 Å². The van der Waals surface area contributed by atoms with Gasteiger partial charge in [-0.2, -0.15) is 0 Å². The van der Waals surface area contributed by atoms with E-state index in [9.17, 15) is 0 Å². The van der Waals surface area contributed by atoms with Gasteiger partial charge in [-0.15, -0.1) is 0 Å². The minimum Gasteiger partial charge on any atom is -0.323 e. The van der Waals surface area contributed by atoms with Crippen molar-refractivity contribution >= 4 is 15.9 Å². The summed E-state index contributed by atoms with van der Waals surface area (Å²) in [6.45, 7) is 40.5. The van der Waals surface area contributed by atoms with Crippen LogP contribution in [0, 0.1) is 65.7 Å². The van der Waals surface area contributed by atoms with Crippen LogP contribution in [-0.2, 0) is 92.2 Å². The molecule has 0 aliphatic heterocycles. The predicted octanol–water partition coefficient (Wildman–Crippen LogP) is 0.828. The van der Waals surface area contributed by atoms with E-state index in [1.54, 1.807) is 0 Å². The molecule has 3 radical (unpaired) electrons. The van der Waals surface area contributed by atoms with Gasteiger partial charge in [0.15, 0.2) is 0 Å². The summed E-state index contributed by atoms with van der Waals surface area (Å²) in [5, 5.41) is 0. The summed E-state index contributed by atoms with van der Waals surface area (Å²) in [4.78, 5) is 0. The molecule has 0 heterocycles. The van der Waals surface area contributed by atoms with Crippen LogP contribution in [0.3, 0.4) is 0 Å². The molecular weight excluding hydrogens is 521 g/mol. The molecule has 0 fully saturated rings. The third-order valence-corrected chi connectivity index (χ3v) is 0. The molecule has 0 aromatic rings. The first-order chi connectivity index (χ1) is 10.0. The van der Waals surface area contributed by atoms with Gasteiger partial charge in [-0.1, -0.05) is 0 Å². The van der Waals surface area contributed by atoms with E-state index in [0.29, 0.717) is 0 Å². The first-order valence-corrected chi connectivity index (χ1v) is 3.23. The van der Waals surface area contributed by atoms with Crippen LogP contribution in [0.4, 0.5) is 0 Å². The first-order valence-electron chi connectivity index (χ1n) is 2.10. The zero-order valence-electron chi connectivity index (χ0n) is 10.3. The normalized spacial score (nSPS) is 1.04. The fourth-order valence-electron chi connectivity index (χ4n) is 0. The molecule has 0 saturated heterocycles. The summed E-state index contributed by atoms with van der Waals surface area (Å²) >= 11 is 2.69. The molecule has 0 aliphatic carbocycles. The van der Waals surface area contributed by atoms with E-state index < -0.39 is 0 Å². The number of halogens is 1. The zero-order valence-corrected chi connectivity index (χ0v) is 15.0. The van der Waals surface area contributed by atoms with Crippen molar-refractivity contribution in [2.24, 2.45) is 0 Å².